The number of carbonyl (C=O) groups excluding carboxylic acids is 1. The fraction of sp³-hybridized carbons (Fsp3) is 0.263. The molecule has 138 valence electrons. The molecule has 1 unspecified atom stereocenters. The minimum absolute atomic E-state index is 0.149. The zero-order chi connectivity index (χ0) is 18.6. The summed E-state index contributed by atoms with van der Waals surface area (Å²) < 4.78 is 13.5. The van der Waals surface area contributed by atoms with E-state index >= 15 is 0 Å². The molecule has 1 fully saturated rings. The van der Waals surface area contributed by atoms with Gasteiger partial charge in [-0.3, -0.25) is 9.78 Å². The average molecular weight is 365 g/mol. The summed E-state index contributed by atoms with van der Waals surface area (Å²) in [7, 11) is 1.85. The number of carbonyl (C=O) groups is 1. The number of hydrogen-bond donors (Lipinski definition) is 0. The third kappa shape index (κ3) is 3.65. The highest BCUT2D eigenvalue weighted by Crippen LogP contribution is 2.27. The van der Waals surface area contributed by atoms with Gasteiger partial charge in [0.15, 0.2) is 5.82 Å². The number of para-hydroxylation sites is 1. The van der Waals surface area contributed by atoms with Gasteiger partial charge in [-0.15, -0.1) is 10.2 Å². The molecule has 0 aliphatic carbocycles. The number of benzene rings is 1. The van der Waals surface area contributed by atoms with E-state index in [0.29, 0.717) is 42.6 Å². The second-order valence-corrected chi connectivity index (χ2v) is 6.20. The van der Waals surface area contributed by atoms with Crippen LogP contribution in [0.3, 0.4) is 0 Å². The van der Waals surface area contributed by atoms with Gasteiger partial charge in [0.1, 0.15) is 29.5 Å². The third-order valence-corrected chi connectivity index (χ3v) is 4.37. The Morgan fingerprint density at radius 3 is 2.89 bits per heavy atom. The van der Waals surface area contributed by atoms with E-state index in [1.54, 1.807) is 28.1 Å². The van der Waals surface area contributed by atoms with Crippen molar-refractivity contribution in [3.05, 3.63) is 66.5 Å². The molecule has 2 aromatic heterocycles. The number of aromatic nitrogens is 4. The SMILES string of the molecule is Cn1cnnc1C1CN(C(=O)c2cnccc2Oc2ccccc2)CCO1. The van der Waals surface area contributed by atoms with Crippen LogP contribution in [0.2, 0.25) is 0 Å². The summed E-state index contributed by atoms with van der Waals surface area (Å²) in [5.41, 5.74) is 0.417. The minimum Gasteiger partial charge on any atom is -0.456 e. The van der Waals surface area contributed by atoms with E-state index < -0.39 is 0 Å². The third-order valence-electron chi connectivity index (χ3n) is 4.37. The van der Waals surface area contributed by atoms with Crippen LogP contribution in [0.25, 0.3) is 0 Å². The molecule has 1 aliphatic heterocycles. The molecule has 3 heterocycles. The van der Waals surface area contributed by atoms with Crippen LogP contribution in [0, 0.1) is 0 Å². The topological polar surface area (TPSA) is 82.4 Å². The molecule has 0 radical (unpaired) electrons. The Labute approximate surface area is 156 Å². The molecule has 0 saturated carbocycles. The fourth-order valence-electron chi connectivity index (χ4n) is 2.99. The maximum atomic E-state index is 13.1. The highest BCUT2D eigenvalue weighted by Gasteiger charge is 2.30. The highest BCUT2D eigenvalue weighted by atomic mass is 16.5. The standard InChI is InChI=1S/C19H19N5O3/c1-23-13-21-22-18(23)17-12-24(9-10-26-17)19(25)15-11-20-8-7-16(15)27-14-5-3-2-4-6-14/h2-8,11,13,17H,9-10,12H2,1H3. The van der Waals surface area contributed by atoms with Crippen molar-refractivity contribution in [2.45, 2.75) is 6.10 Å². The molecule has 4 rings (SSSR count). The molecule has 8 nitrogen and oxygen atoms in total. The molecule has 1 aliphatic rings. The van der Waals surface area contributed by atoms with Crippen LogP contribution >= 0.6 is 0 Å². The fourth-order valence-corrected chi connectivity index (χ4v) is 2.99. The second-order valence-electron chi connectivity index (χ2n) is 6.20. The molecule has 8 heteroatoms. The first-order valence-electron chi connectivity index (χ1n) is 8.64. The van der Waals surface area contributed by atoms with E-state index in [-0.39, 0.29) is 12.0 Å². The van der Waals surface area contributed by atoms with Crippen molar-refractivity contribution in [1.82, 2.24) is 24.6 Å². The summed E-state index contributed by atoms with van der Waals surface area (Å²) in [4.78, 5) is 19.0. The van der Waals surface area contributed by atoms with Crippen LogP contribution in [0.4, 0.5) is 0 Å². The van der Waals surface area contributed by atoms with Crippen LogP contribution in [0.5, 0.6) is 11.5 Å². The van der Waals surface area contributed by atoms with Gasteiger partial charge >= 0.3 is 0 Å². The van der Waals surface area contributed by atoms with Crippen molar-refractivity contribution < 1.29 is 14.3 Å². The van der Waals surface area contributed by atoms with Crippen molar-refractivity contribution in [2.24, 2.45) is 7.05 Å². The summed E-state index contributed by atoms with van der Waals surface area (Å²) >= 11 is 0. The Hall–Kier alpha value is -3.26. The zero-order valence-electron chi connectivity index (χ0n) is 14.9. The Balaban J connectivity index is 1.55. The summed E-state index contributed by atoms with van der Waals surface area (Å²) in [5, 5.41) is 7.98. The molecule has 3 aromatic rings. The van der Waals surface area contributed by atoms with Gasteiger partial charge in [-0.25, -0.2) is 0 Å². The van der Waals surface area contributed by atoms with Crippen molar-refractivity contribution in [2.75, 3.05) is 19.7 Å². The number of morpholine rings is 1. The number of hydrogen-bond acceptors (Lipinski definition) is 6. The van der Waals surface area contributed by atoms with Crippen LogP contribution in [0.1, 0.15) is 22.3 Å². The Kier molecular flexibility index (Phi) is 4.80. The molecule has 1 saturated heterocycles. The van der Waals surface area contributed by atoms with Crippen molar-refractivity contribution in [1.29, 1.82) is 0 Å². The van der Waals surface area contributed by atoms with Crippen LogP contribution in [-0.2, 0) is 11.8 Å². The van der Waals surface area contributed by atoms with Gasteiger partial charge in [0.25, 0.3) is 5.91 Å². The monoisotopic (exact) mass is 365 g/mol. The van der Waals surface area contributed by atoms with E-state index in [1.807, 2.05) is 37.4 Å². The van der Waals surface area contributed by atoms with Crippen molar-refractivity contribution in [3.63, 3.8) is 0 Å². The number of amides is 1. The zero-order valence-corrected chi connectivity index (χ0v) is 14.9. The second kappa shape index (κ2) is 7.55. The van der Waals surface area contributed by atoms with E-state index in [2.05, 4.69) is 15.2 Å². The molecule has 0 spiro atoms. The first-order chi connectivity index (χ1) is 13.2. The molecule has 1 aromatic carbocycles. The lowest BCUT2D eigenvalue weighted by molar-refractivity contribution is -0.0281. The lowest BCUT2D eigenvalue weighted by Gasteiger charge is -2.32. The van der Waals surface area contributed by atoms with Gasteiger partial charge in [-0.2, -0.15) is 0 Å². The number of nitrogens with zero attached hydrogens (tertiary/aromatic N) is 5. The highest BCUT2D eigenvalue weighted by molar-refractivity contribution is 5.96. The van der Waals surface area contributed by atoms with Crippen LogP contribution in [0.15, 0.2) is 55.1 Å². The van der Waals surface area contributed by atoms with Crippen molar-refractivity contribution >= 4 is 5.91 Å². The normalized spacial score (nSPS) is 16.9. The van der Waals surface area contributed by atoms with Gasteiger partial charge in [0, 0.05) is 26.0 Å². The quantitative estimate of drug-likeness (QED) is 0.705. The van der Waals surface area contributed by atoms with E-state index in [0.717, 1.165) is 0 Å². The van der Waals surface area contributed by atoms with E-state index in [1.165, 1.54) is 6.20 Å². The summed E-state index contributed by atoms with van der Waals surface area (Å²) in [6.07, 6.45) is 4.45. The van der Waals surface area contributed by atoms with E-state index in [9.17, 15) is 4.79 Å². The van der Waals surface area contributed by atoms with Gasteiger partial charge < -0.3 is 18.9 Å². The molecule has 0 N–H and O–H groups in total. The van der Waals surface area contributed by atoms with Crippen LogP contribution in [-0.4, -0.2) is 50.3 Å². The van der Waals surface area contributed by atoms with Gasteiger partial charge in [-0.1, -0.05) is 18.2 Å². The number of rotatable bonds is 4. The molecule has 27 heavy (non-hydrogen) atoms. The van der Waals surface area contributed by atoms with Gasteiger partial charge in [-0.05, 0) is 18.2 Å². The van der Waals surface area contributed by atoms with Gasteiger partial charge in [0.05, 0.1) is 13.2 Å². The maximum absolute atomic E-state index is 13.1. The minimum atomic E-state index is -0.314. The maximum Gasteiger partial charge on any atom is 0.259 e. The number of pyridine rings is 1. The molecule has 0 bridgehead atoms. The predicted octanol–water partition coefficient (Wildman–Crippen LogP) is 2.22. The number of ether oxygens (including phenoxy) is 2. The Morgan fingerprint density at radius 1 is 1.26 bits per heavy atom. The first-order valence-corrected chi connectivity index (χ1v) is 8.64. The molecule has 1 amide bonds. The lowest BCUT2D eigenvalue weighted by atomic mass is 10.2. The Bertz CT molecular complexity index is 928. The summed E-state index contributed by atoms with van der Waals surface area (Å²) in [5.74, 6) is 1.68. The number of aryl methyl sites for hydroxylation is 1. The summed E-state index contributed by atoms with van der Waals surface area (Å²) in [6, 6.07) is 11.0. The molecular formula is C19H19N5O3. The Morgan fingerprint density at radius 2 is 2.11 bits per heavy atom. The molecule has 1 atom stereocenters. The largest absolute Gasteiger partial charge is 0.456 e. The lowest BCUT2D eigenvalue weighted by Crippen LogP contribution is -2.43. The van der Waals surface area contributed by atoms with E-state index in [4.69, 9.17) is 9.47 Å². The predicted molar refractivity (Wildman–Crippen MR) is 96.4 cm³/mol. The average Bonchev–Trinajstić information content (AvgIpc) is 3.15. The first kappa shape index (κ1) is 17.2. The smallest absolute Gasteiger partial charge is 0.259 e. The van der Waals surface area contributed by atoms with Crippen molar-refractivity contribution in [3.8, 4) is 11.5 Å². The van der Waals surface area contributed by atoms with Gasteiger partial charge in [0.2, 0.25) is 0 Å². The molecular weight excluding hydrogens is 346 g/mol. The van der Waals surface area contributed by atoms with Crippen LogP contribution < -0.4 is 4.74 Å². The summed E-state index contributed by atoms with van der Waals surface area (Å²) in [6.45, 7) is 1.32.